The quantitative estimate of drug-likeness (QED) is 0.159. The molecule has 1 aliphatic heterocycles. The van der Waals surface area contributed by atoms with Crippen molar-refractivity contribution in [2.45, 2.75) is 102 Å². The van der Waals surface area contributed by atoms with Crippen molar-refractivity contribution in [2.24, 2.45) is 17.3 Å². The highest BCUT2D eigenvalue weighted by Crippen LogP contribution is 2.50. The third kappa shape index (κ3) is 6.68. The second-order valence-corrected chi connectivity index (χ2v) is 9.90. The van der Waals surface area contributed by atoms with Crippen LogP contribution in [0.5, 0.6) is 0 Å². The van der Waals surface area contributed by atoms with E-state index in [1.165, 1.54) is 7.11 Å². The Morgan fingerprint density at radius 3 is 2.72 bits per heavy atom. The minimum absolute atomic E-state index is 0.0427. The SMILES string of the molecule is CCCCC(C)(C)[C@H](O)C1OC1[C@@H]1[C@@H](CC=CCCCC(=O)OC)[C@H](Cl)C[C@H]1O. The molecule has 5 nitrogen and oxygen atoms in total. The van der Waals surface area contributed by atoms with Crippen LogP contribution in [0.4, 0.5) is 0 Å². The number of epoxide rings is 1. The van der Waals surface area contributed by atoms with Crippen LogP contribution in [0.3, 0.4) is 0 Å². The van der Waals surface area contributed by atoms with Crippen LogP contribution in [-0.2, 0) is 14.3 Å². The van der Waals surface area contributed by atoms with Crippen molar-refractivity contribution in [1.82, 2.24) is 0 Å². The second kappa shape index (κ2) is 11.1. The molecule has 2 rings (SSSR count). The van der Waals surface area contributed by atoms with Gasteiger partial charge in [-0.25, -0.2) is 0 Å². The van der Waals surface area contributed by atoms with Gasteiger partial charge >= 0.3 is 5.97 Å². The molecule has 0 bridgehead atoms. The van der Waals surface area contributed by atoms with Crippen LogP contribution in [0.2, 0.25) is 0 Å². The Morgan fingerprint density at radius 2 is 2.07 bits per heavy atom. The van der Waals surface area contributed by atoms with Crippen molar-refractivity contribution in [3.8, 4) is 0 Å². The number of hydrogen-bond donors (Lipinski definition) is 2. The summed E-state index contributed by atoms with van der Waals surface area (Å²) in [4.78, 5) is 11.1. The van der Waals surface area contributed by atoms with E-state index in [4.69, 9.17) is 16.3 Å². The van der Waals surface area contributed by atoms with Crippen LogP contribution in [0.1, 0.15) is 72.1 Å². The van der Waals surface area contributed by atoms with Gasteiger partial charge in [-0.15, -0.1) is 11.6 Å². The summed E-state index contributed by atoms with van der Waals surface area (Å²) in [5, 5.41) is 21.4. The maximum absolute atomic E-state index is 11.1. The van der Waals surface area contributed by atoms with E-state index < -0.39 is 12.2 Å². The number of carbonyl (C=O) groups excluding carboxylic acids is 1. The normalized spacial score (nSPS) is 33.2. The smallest absolute Gasteiger partial charge is 0.305 e. The minimum atomic E-state index is -0.532. The Bertz CT molecular complexity index is 549. The van der Waals surface area contributed by atoms with E-state index in [1.54, 1.807) is 0 Å². The van der Waals surface area contributed by atoms with Crippen molar-refractivity contribution >= 4 is 17.6 Å². The molecular weight excluding hydrogens is 392 g/mol. The molecule has 2 aliphatic rings. The molecule has 0 aromatic rings. The first-order valence-corrected chi connectivity index (χ1v) is 11.5. The number of aliphatic hydroxyl groups is 2. The molecule has 1 heterocycles. The van der Waals surface area contributed by atoms with Crippen molar-refractivity contribution < 1.29 is 24.5 Å². The van der Waals surface area contributed by atoms with E-state index in [9.17, 15) is 15.0 Å². The largest absolute Gasteiger partial charge is 0.469 e. The summed E-state index contributed by atoms with van der Waals surface area (Å²) in [7, 11) is 1.40. The molecule has 0 radical (unpaired) electrons. The van der Waals surface area contributed by atoms with Crippen LogP contribution in [0, 0.1) is 17.3 Å². The first-order valence-electron chi connectivity index (χ1n) is 11.1. The van der Waals surface area contributed by atoms with Crippen molar-refractivity contribution in [3.63, 3.8) is 0 Å². The lowest BCUT2D eigenvalue weighted by Crippen LogP contribution is -2.37. The summed E-state index contributed by atoms with van der Waals surface area (Å²) < 4.78 is 10.6. The lowest BCUT2D eigenvalue weighted by Gasteiger charge is -2.30. The number of esters is 1. The van der Waals surface area contributed by atoms with Gasteiger partial charge in [-0.3, -0.25) is 4.79 Å². The zero-order chi connectivity index (χ0) is 21.6. The average molecular weight is 431 g/mol. The number of ether oxygens (including phenoxy) is 2. The molecule has 2 N–H and O–H groups in total. The minimum Gasteiger partial charge on any atom is -0.469 e. The Balaban J connectivity index is 1.88. The predicted octanol–water partition coefficient (Wildman–Crippen LogP) is 4.23. The molecule has 7 atom stereocenters. The van der Waals surface area contributed by atoms with Gasteiger partial charge in [0.2, 0.25) is 0 Å². The number of allylic oxidation sites excluding steroid dienone is 2. The van der Waals surface area contributed by atoms with E-state index in [-0.39, 0.29) is 40.8 Å². The van der Waals surface area contributed by atoms with Gasteiger partial charge in [0.25, 0.3) is 0 Å². The lowest BCUT2D eigenvalue weighted by atomic mass is 9.77. The molecular formula is C23H39ClO5. The topological polar surface area (TPSA) is 79.3 Å². The van der Waals surface area contributed by atoms with Gasteiger partial charge in [0, 0.05) is 17.7 Å². The molecule has 1 saturated carbocycles. The highest BCUT2D eigenvalue weighted by atomic mass is 35.5. The second-order valence-electron chi connectivity index (χ2n) is 9.34. The number of carbonyl (C=O) groups is 1. The summed E-state index contributed by atoms with van der Waals surface area (Å²) in [6, 6.07) is 0. The predicted molar refractivity (Wildman–Crippen MR) is 115 cm³/mol. The number of methoxy groups -OCH3 is 1. The number of alkyl halides is 1. The van der Waals surface area contributed by atoms with E-state index >= 15 is 0 Å². The van der Waals surface area contributed by atoms with Crippen molar-refractivity contribution in [2.75, 3.05) is 7.11 Å². The van der Waals surface area contributed by atoms with Gasteiger partial charge in [-0.05, 0) is 43.4 Å². The molecule has 1 saturated heterocycles. The van der Waals surface area contributed by atoms with Gasteiger partial charge in [0.05, 0.1) is 25.4 Å². The molecule has 2 fully saturated rings. The molecule has 2 unspecified atom stereocenters. The van der Waals surface area contributed by atoms with E-state index in [1.807, 2.05) is 0 Å². The molecule has 1 aliphatic carbocycles. The Hall–Kier alpha value is -0.620. The van der Waals surface area contributed by atoms with Crippen LogP contribution < -0.4 is 0 Å². The number of unbranched alkanes of at least 4 members (excludes halogenated alkanes) is 2. The Morgan fingerprint density at radius 1 is 1.34 bits per heavy atom. The summed E-state index contributed by atoms with van der Waals surface area (Å²) in [6.45, 7) is 6.34. The van der Waals surface area contributed by atoms with E-state index in [0.29, 0.717) is 12.8 Å². The first-order chi connectivity index (χ1) is 13.7. The summed E-state index contributed by atoms with van der Waals surface area (Å²) in [5.41, 5.74) is -0.200. The first kappa shape index (κ1) is 24.6. The third-order valence-electron chi connectivity index (χ3n) is 6.65. The fourth-order valence-electron chi connectivity index (χ4n) is 4.62. The summed E-state index contributed by atoms with van der Waals surface area (Å²) in [5.74, 6) is -0.0983. The van der Waals surface area contributed by atoms with Crippen molar-refractivity contribution in [1.29, 1.82) is 0 Å². The van der Waals surface area contributed by atoms with Crippen LogP contribution in [0.15, 0.2) is 12.2 Å². The fraction of sp³-hybridized carbons (Fsp3) is 0.870. The fourth-order valence-corrected chi connectivity index (χ4v) is 5.07. The number of rotatable bonds is 12. The third-order valence-corrected chi connectivity index (χ3v) is 7.15. The highest BCUT2D eigenvalue weighted by Gasteiger charge is 2.59. The standard InChI is InChI=1S/C23H39ClO5/c1-5-6-13-23(2,3)22(27)21-20(29-21)19-15(16(24)14-17(19)25)11-9-7-8-10-12-18(26)28-4/h7,9,15-17,19-22,25,27H,5-6,8,10-14H2,1-4H3/t15-,16+,17+,19+,20?,21?,22+/m0/s1. The number of halogens is 1. The van der Waals surface area contributed by atoms with Gasteiger partial charge < -0.3 is 19.7 Å². The lowest BCUT2D eigenvalue weighted by molar-refractivity contribution is -0.140. The molecule has 0 aromatic heterocycles. The van der Waals surface area contributed by atoms with Gasteiger partial charge in [0.1, 0.15) is 6.10 Å². The van der Waals surface area contributed by atoms with Crippen molar-refractivity contribution in [3.05, 3.63) is 12.2 Å². The summed E-state index contributed by atoms with van der Waals surface area (Å²) >= 11 is 6.55. The van der Waals surface area contributed by atoms with E-state index in [2.05, 4.69) is 37.7 Å². The molecule has 29 heavy (non-hydrogen) atoms. The Kier molecular flexibility index (Phi) is 9.46. The number of hydrogen-bond acceptors (Lipinski definition) is 5. The molecule has 168 valence electrons. The molecule has 6 heteroatoms. The Labute approximate surface area is 180 Å². The monoisotopic (exact) mass is 430 g/mol. The average Bonchev–Trinajstić information content (AvgIpc) is 3.41. The van der Waals surface area contributed by atoms with Gasteiger partial charge in [-0.2, -0.15) is 0 Å². The maximum atomic E-state index is 11.1. The van der Waals surface area contributed by atoms with Crippen LogP contribution in [-0.4, -0.2) is 53.1 Å². The zero-order valence-electron chi connectivity index (χ0n) is 18.4. The van der Waals surface area contributed by atoms with Crippen LogP contribution >= 0.6 is 11.6 Å². The number of aliphatic hydroxyl groups excluding tert-OH is 2. The zero-order valence-corrected chi connectivity index (χ0v) is 19.1. The van der Waals surface area contributed by atoms with Gasteiger partial charge in [0.15, 0.2) is 0 Å². The van der Waals surface area contributed by atoms with E-state index in [0.717, 1.165) is 38.5 Å². The molecule has 0 amide bonds. The molecule has 0 aromatic carbocycles. The van der Waals surface area contributed by atoms with Crippen LogP contribution in [0.25, 0.3) is 0 Å². The summed E-state index contributed by atoms with van der Waals surface area (Å²) in [6.07, 6.45) is 9.30. The maximum Gasteiger partial charge on any atom is 0.305 e. The van der Waals surface area contributed by atoms with Gasteiger partial charge in [-0.1, -0.05) is 45.8 Å². The highest BCUT2D eigenvalue weighted by molar-refractivity contribution is 6.21. The molecule has 0 spiro atoms.